The van der Waals surface area contributed by atoms with Gasteiger partial charge in [0, 0.05) is 6.04 Å². The fraction of sp³-hybridized carbons (Fsp3) is 0.611. The molecule has 2 rings (SSSR count). The van der Waals surface area contributed by atoms with Crippen LogP contribution in [0.15, 0.2) is 24.3 Å². The van der Waals surface area contributed by atoms with Crippen molar-refractivity contribution < 1.29 is 31.1 Å². The van der Waals surface area contributed by atoms with Gasteiger partial charge in [0.25, 0.3) is 0 Å². The van der Waals surface area contributed by atoms with Crippen LogP contribution in [-0.4, -0.2) is 38.9 Å². The lowest BCUT2D eigenvalue weighted by Gasteiger charge is -2.29. The van der Waals surface area contributed by atoms with Crippen molar-refractivity contribution >= 4 is 15.7 Å². The lowest BCUT2D eigenvalue weighted by Crippen LogP contribution is -2.43. The third-order valence-electron chi connectivity index (χ3n) is 4.52. The van der Waals surface area contributed by atoms with Crippen LogP contribution in [0.4, 0.5) is 13.2 Å². The number of rotatable bonds is 7. The van der Waals surface area contributed by atoms with Crippen molar-refractivity contribution in [2.45, 2.75) is 50.6 Å². The molecule has 5 nitrogen and oxygen atoms in total. The molecule has 0 spiro atoms. The van der Waals surface area contributed by atoms with Gasteiger partial charge in [-0.05, 0) is 36.5 Å². The van der Waals surface area contributed by atoms with E-state index in [2.05, 4.69) is 10.1 Å². The molecule has 0 bridgehead atoms. The van der Waals surface area contributed by atoms with Crippen molar-refractivity contribution in [2.24, 2.45) is 5.92 Å². The third-order valence-corrected chi connectivity index (χ3v) is 6.00. The first-order chi connectivity index (χ1) is 12.5. The molecule has 2 atom stereocenters. The van der Waals surface area contributed by atoms with Gasteiger partial charge in [0.05, 0.1) is 5.75 Å². The Morgan fingerprint density at radius 1 is 1.19 bits per heavy atom. The Balaban J connectivity index is 1.86. The normalized spacial score (nSPS) is 20.9. The molecule has 1 fully saturated rings. The summed E-state index contributed by atoms with van der Waals surface area (Å²) in [5.41, 5.74) is 0.383. The van der Waals surface area contributed by atoms with E-state index in [0.717, 1.165) is 25.7 Å². The van der Waals surface area contributed by atoms with Crippen molar-refractivity contribution in [3.05, 3.63) is 29.8 Å². The smallest absolute Gasteiger partial charge is 0.422 e. The Labute approximate surface area is 157 Å². The topological polar surface area (TPSA) is 72.5 Å². The average Bonchev–Trinajstić information content (AvgIpc) is 2.55. The standard InChI is InChI=1S/C18H24F3NO4S/c1-13-4-2-3-5-16(13)22-17(23)11-27(24,25)10-14-6-8-15(9-7-14)26-12-18(19,20)21/h6-9,13,16H,2-5,10-12H2,1H3,(H,22,23). The van der Waals surface area contributed by atoms with Gasteiger partial charge >= 0.3 is 6.18 Å². The molecular weight excluding hydrogens is 383 g/mol. The van der Waals surface area contributed by atoms with Crippen molar-refractivity contribution in [2.75, 3.05) is 12.4 Å². The summed E-state index contributed by atoms with van der Waals surface area (Å²) in [6.07, 6.45) is -0.433. The summed E-state index contributed by atoms with van der Waals surface area (Å²) < 4.78 is 65.4. The highest BCUT2D eigenvalue weighted by atomic mass is 32.2. The molecule has 9 heteroatoms. The fourth-order valence-corrected chi connectivity index (χ4v) is 4.42. The Hall–Kier alpha value is -1.77. The summed E-state index contributed by atoms with van der Waals surface area (Å²) in [5.74, 6) is -1.16. The van der Waals surface area contributed by atoms with Crippen LogP contribution >= 0.6 is 0 Å². The maximum absolute atomic E-state index is 12.2. The zero-order chi connectivity index (χ0) is 20.1. The predicted molar refractivity (Wildman–Crippen MR) is 95.0 cm³/mol. The van der Waals surface area contributed by atoms with E-state index in [1.165, 1.54) is 24.3 Å². The van der Waals surface area contributed by atoms with E-state index in [4.69, 9.17) is 0 Å². The van der Waals surface area contributed by atoms with Gasteiger partial charge < -0.3 is 10.1 Å². The van der Waals surface area contributed by atoms with Crippen LogP contribution in [-0.2, 0) is 20.4 Å². The molecule has 0 radical (unpaired) electrons. The van der Waals surface area contributed by atoms with Gasteiger partial charge in [-0.25, -0.2) is 8.42 Å². The molecule has 0 heterocycles. The minimum atomic E-state index is -4.44. The second kappa shape index (κ2) is 8.95. The van der Waals surface area contributed by atoms with Crippen molar-refractivity contribution in [3.63, 3.8) is 0 Å². The number of nitrogens with one attached hydrogen (secondary N) is 1. The summed E-state index contributed by atoms with van der Waals surface area (Å²) in [5, 5.41) is 2.81. The van der Waals surface area contributed by atoms with E-state index < -0.39 is 34.3 Å². The lowest BCUT2D eigenvalue weighted by atomic mass is 9.86. The van der Waals surface area contributed by atoms with Crippen molar-refractivity contribution in [1.82, 2.24) is 5.32 Å². The maximum atomic E-state index is 12.2. The van der Waals surface area contributed by atoms with Crippen LogP contribution in [0.1, 0.15) is 38.2 Å². The zero-order valence-electron chi connectivity index (χ0n) is 15.1. The number of ether oxygens (including phenoxy) is 1. The first-order valence-electron chi connectivity index (χ1n) is 8.82. The van der Waals surface area contributed by atoms with Crippen LogP contribution in [0.2, 0.25) is 0 Å². The van der Waals surface area contributed by atoms with Crippen LogP contribution in [0.3, 0.4) is 0 Å². The largest absolute Gasteiger partial charge is 0.484 e. The number of amides is 1. The van der Waals surface area contributed by atoms with E-state index in [-0.39, 0.29) is 17.5 Å². The Morgan fingerprint density at radius 3 is 2.41 bits per heavy atom. The third kappa shape index (κ3) is 7.78. The highest BCUT2D eigenvalue weighted by Gasteiger charge is 2.28. The van der Waals surface area contributed by atoms with Crippen molar-refractivity contribution in [3.8, 4) is 5.75 Å². The first kappa shape index (κ1) is 21.5. The van der Waals surface area contributed by atoms with Crippen molar-refractivity contribution in [1.29, 1.82) is 0 Å². The van der Waals surface area contributed by atoms with Crippen LogP contribution in [0.25, 0.3) is 0 Å². The molecule has 1 aromatic carbocycles. The number of carbonyl (C=O) groups excluding carboxylic acids is 1. The molecule has 0 aliphatic heterocycles. The molecule has 152 valence electrons. The number of carbonyl (C=O) groups is 1. The van der Waals surface area contributed by atoms with Gasteiger partial charge in [-0.15, -0.1) is 0 Å². The van der Waals surface area contributed by atoms with Gasteiger partial charge in [0.1, 0.15) is 11.5 Å². The highest BCUT2D eigenvalue weighted by molar-refractivity contribution is 7.91. The van der Waals surface area contributed by atoms with Gasteiger partial charge in [0.2, 0.25) is 5.91 Å². The van der Waals surface area contributed by atoms with E-state index in [9.17, 15) is 26.4 Å². The van der Waals surface area contributed by atoms with Crippen LogP contribution in [0, 0.1) is 5.92 Å². The van der Waals surface area contributed by atoms with E-state index in [1.54, 1.807) is 0 Å². The molecule has 1 aliphatic rings. The Bertz CT molecular complexity index is 732. The first-order valence-corrected chi connectivity index (χ1v) is 10.6. The molecule has 0 aromatic heterocycles. The molecular formula is C18H24F3NO4S. The second-order valence-corrected chi connectivity index (χ2v) is 9.08. The second-order valence-electron chi connectivity index (χ2n) is 7.02. The van der Waals surface area contributed by atoms with Gasteiger partial charge in [-0.3, -0.25) is 4.79 Å². The summed E-state index contributed by atoms with van der Waals surface area (Å²) in [6.45, 7) is 0.630. The van der Waals surface area contributed by atoms with Gasteiger partial charge in [-0.2, -0.15) is 13.2 Å². The number of hydrogen-bond acceptors (Lipinski definition) is 4. The quantitative estimate of drug-likeness (QED) is 0.753. The summed E-state index contributed by atoms with van der Waals surface area (Å²) >= 11 is 0. The SMILES string of the molecule is CC1CCCCC1NC(=O)CS(=O)(=O)Cc1ccc(OCC(F)(F)F)cc1. The number of sulfone groups is 1. The van der Waals surface area contributed by atoms with E-state index >= 15 is 0 Å². The predicted octanol–water partition coefficient (Wildman–Crippen LogP) is 3.24. The van der Waals surface area contributed by atoms with E-state index in [1.807, 2.05) is 6.92 Å². The molecule has 0 saturated heterocycles. The fourth-order valence-electron chi connectivity index (χ4n) is 3.13. The molecule has 2 unspecified atom stereocenters. The monoisotopic (exact) mass is 407 g/mol. The zero-order valence-corrected chi connectivity index (χ0v) is 15.9. The highest BCUT2D eigenvalue weighted by Crippen LogP contribution is 2.24. The summed E-state index contributed by atoms with van der Waals surface area (Å²) in [7, 11) is -3.68. The molecule has 1 N–H and O–H groups in total. The van der Waals surface area contributed by atoms with Gasteiger partial charge in [0.15, 0.2) is 16.4 Å². The van der Waals surface area contributed by atoms with E-state index in [0.29, 0.717) is 11.5 Å². The lowest BCUT2D eigenvalue weighted by molar-refractivity contribution is -0.153. The summed E-state index contributed by atoms with van der Waals surface area (Å²) in [4.78, 5) is 12.1. The molecule has 1 saturated carbocycles. The minimum Gasteiger partial charge on any atom is -0.484 e. The number of hydrogen-bond donors (Lipinski definition) is 1. The Kier molecular flexibility index (Phi) is 7.13. The molecule has 1 aliphatic carbocycles. The van der Waals surface area contributed by atoms with Gasteiger partial charge in [-0.1, -0.05) is 31.9 Å². The number of benzene rings is 1. The Morgan fingerprint density at radius 2 is 1.81 bits per heavy atom. The number of alkyl halides is 3. The molecule has 27 heavy (non-hydrogen) atoms. The number of halogens is 3. The van der Waals surface area contributed by atoms with Crippen LogP contribution in [0.5, 0.6) is 5.75 Å². The molecule has 1 aromatic rings. The summed E-state index contributed by atoms with van der Waals surface area (Å²) in [6, 6.07) is 5.32. The minimum absolute atomic E-state index is 0.00231. The molecule has 1 amide bonds. The maximum Gasteiger partial charge on any atom is 0.422 e. The van der Waals surface area contributed by atoms with Crippen LogP contribution < -0.4 is 10.1 Å². The average molecular weight is 407 g/mol.